The van der Waals surface area contributed by atoms with Crippen LogP contribution < -0.4 is 10.2 Å². The molecule has 0 saturated carbocycles. The highest BCUT2D eigenvalue weighted by molar-refractivity contribution is 5.40. The summed E-state index contributed by atoms with van der Waals surface area (Å²) in [4.78, 5) is 9.72. The van der Waals surface area contributed by atoms with Gasteiger partial charge in [0.25, 0.3) is 0 Å². The third kappa shape index (κ3) is 4.68. The minimum atomic E-state index is 0.124. The lowest BCUT2D eigenvalue weighted by Crippen LogP contribution is -2.51. The number of nitrogens with one attached hydrogen (secondary N) is 1. The predicted octanol–water partition coefficient (Wildman–Crippen LogP) is 2.50. The Kier molecular flexibility index (Phi) is 5.22. The van der Waals surface area contributed by atoms with E-state index < -0.39 is 0 Å². The van der Waals surface area contributed by atoms with Crippen molar-refractivity contribution in [2.75, 3.05) is 31.6 Å². The van der Waals surface area contributed by atoms with Crippen molar-refractivity contribution in [2.24, 2.45) is 0 Å². The van der Waals surface area contributed by atoms with E-state index in [1.165, 1.54) is 6.42 Å². The van der Waals surface area contributed by atoms with Crippen molar-refractivity contribution in [1.82, 2.24) is 15.2 Å². The van der Waals surface area contributed by atoms with Crippen LogP contribution in [0.2, 0.25) is 0 Å². The Balaban J connectivity index is 2.03. The Morgan fingerprint density at radius 2 is 2.05 bits per heavy atom. The summed E-state index contributed by atoms with van der Waals surface area (Å²) in [5.74, 6) is 1.12. The van der Waals surface area contributed by atoms with Crippen LogP contribution in [-0.4, -0.2) is 48.1 Å². The summed E-state index contributed by atoms with van der Waals surface area (Å²) in [6, 6.07) is 7.01. The fraction of sp³-hybridized carbons (Fsp3) is 0.706. The number of piperazine rings is 1. The third-order valence-electron chi connectivity index (χ3n) is 4.16. The van der Waals surface area contributed by atoms with Gasteiger partial charge in [-0.15, -0.1) is 0 Å². The lowest BCUT2D eigenvalue weighted by Gasteiger charge is -2.39. The molecule has 1 aliphatic rings. The highest BCUT2D eigenvalue weighted by atomic mass is 15.3. The fourth-order valence-corrected chi connectivity index (χ4v) is 2.69. The molecule has 2 heterocycles. The molecule has 1 atom stereocenters. The molecule has 4 heteroatoms. The largest absolute Gasteiger partial charge is 0.354 e. The van der Waals surface area contributed by atoms with Crippen molar-refractivity contribution in [3.63, 3.8) is 0 Å². The third-order valence-corrected chi connectivity index (χ3v) is 4.16. The van der Waals surface area contributed by atoms with Gasteiger partial charge in [0.2, 0.25) is 0 Å². The molecule has 1 N–H and O–H groups in total. The van der Waals surface area contributed by atoms with Crippen LogP contribution in [-0.2, 0) is 6.54 Å². The second-order valence-electron chi connectivity index (χ2n) is 7.08. The van der Waals surface area contributed by atoms with E-state index in [1.807, 2.05) is 0 Å². The van der Waals surface area contributed by atoms with Crippen molar-refractivity contribution in [3.05, 3.63) is 23.9 Å². The van der Waals surface area contributed by atoms with Crippen molar-refractivity contribution in [1.29, 1.82) is 0 Å². The van der Waals surface area contributed by atoms with Crippen LogP contribution in [0.15, 0.2) is 18.2 Å². The summed E-state index contributed by atoms with van der Waals surface area (Å²) >= 11 is 0. The number of hydrogen-bond donors (Lipinski definition) is 1. The molecule has 2 rings (SSSR count). The van der Waals surface area contributed by atoms with Gasteiger partial charge in [0.15, 0.2) is 0 Å². The molecule has 1 unspecified atom stereocenters. The average molecular weight is 290 g/mol. The number of pyridine rings is 1. The van der Waals surface area contributed by atoms with Gasteiger partial charge < -0.3 is 10.2 Å². The molecule has 4 nitrogen and oxygen atoms in total. The minimum absolute atomic E-state index is 0.124. The standard InChI is InChI=1S/C17H30N4/c1-6-15-13-21(11-10-20(15)5)16-9-7-8-14(19-16)12-18-17(2,3)4/h7-9,15,18H,6,10-13H2,1-5H3. The van der Waals surface area contributed by atoms with E-state index in [0.29, 0.717) is 6.04 Å². The zero-order chi connectivity index (χ0) is 15.5. The first-order valence-electron chi connectivity index (χ1n) is 8.05. The normalized spacial score (nSPS) is 20.8. The van der Waals surface area contributed by atoms with Gasteiger partial charge in [-0.25, -0.2) is 4.98 Å². The molecule has 1 aromatic rings. The molecule has 0 radical (unpaired) electrons. The van der Waals surface area contributed by atoms with Gasteiger partial charge >= 0.3 is 0 Å². The first-order chi connectivity index (χ1) is 9.89. The molecule has 0 bridgehead atoms. The summed E-state index contributed by atoms with van der Waals surface area (Å²) in [5.41, 5.74) is 1.24. The van der Waals surface area contributed by atoms with E-state index in [-0.39, 0.29) is 5.54 Å². The van der Waals surface area contributed by atoms with Crippen LogP contribution in [0, 0.1) is 0 Å². The van der Waals surface area contributed by atoms with Gasteiger partial charge in [-0.2, -0.15) is 0 Å². The Bertz CT molecular complexity index is 452. The maximum absolute atomic E-state index is 4.84. The molecule has 1 aliphatic heterocycles. The number of likely N-dealkylation sites (N-methyl/N-ethyl adjacent to an activating group) is 1. The topological polar surface area (TPSA) is 31.4 Å². The molecule has 1 fully saturated rings. The van der Waals surface area contributed by atoms with Crippen molar-refractivity contribution >= 4 is 5.82 Å². The second kappa shape index (κ2) is 6.75. The average Bonchev–Trinajstić information content (AvgIpc) is 2.45. The Hall–Kier alpha value is -1.13. The summed E-state index contributed by atoms with van der Waals surface area (Å²) in [7, 11) is 2.22. The van der Waals surface area contributed by atoms with E-state index in [1.54, 1.807) is 0 Å². The summed E-state index contributed by atoms with van der Waals surface area (Å²) in [6.07, 6.45) is 1.19. The number of anilines is 1. The van der Waals surface area contributed by atoms with Crippen LogP contribution >= 0.6 is 0 Å². The van der Waals surface area contributed by atoms with Crippen LogP contribution in [0.1, 0.15) is 39.8 Å². The quantitative estimate of drug-likeness (QED) is 0.923. The molecule has 1 saturated heterocycles. The van der Waals surface area contributed by atoms with Crippen molar-refractivity contribution < 1.29 is 0 Å². The lowest BCUT2D eigenvalue weighted by molar-refractivity contribution is 0.213. The van der Waals surface area contributed by atoms with Crippen molar-refractivity contribution in [2.45, 2.75) is 52.2 Å². The Morgan fingerprint density at radius 1 is 1.29 bits per heavy atom. The summed E-state index contributed by atoms with van der Waals surface area (Å²) in [6.45, 7) is 12.9. The maximum Gasteiger partial charge on any atom is 0.128 e. The SMILES string of the molecule is CCC1CN(c2cccc(CNC(C)(C)C)n2)CCN1C. The number of nitrogens with zero attached hydrogens (tertiary/aromatic N) is 3. The first-order valence-corrected chi connectivity index (χ1v) is 8.05. The zero-order valence-electron chi connectivity index (χ0n) is 14.2. The van der Waals surface area contributed by atoms with Crippen molar-refractivity contribution in [3.8, 4) is 0 Å². The first kappa shape index (κ1) is 16.2. The molecule has 0 amide bonds. The Morgan fingerprint density at radius 3 is 2.71 bits per heavy atom. The summed E-state index contributed by atoms with van der Waals surface area (Å²) in [5, 5.41) is 3.51. The Labute approximate surface area is 129 Å². The highest BCUT2D eigenvalue weighted by Crippen LogP contribution is 2.18. The fourth-order valence-electron chi connectivity index (χ4n) is 2.69. The van der Waals surface area contributed by atoms with Gasteiger partial charge in [-0.3, -0.25) is 4.90 Å². The maximum atomic E-state index is 4.84. The smallest absolute Gasteiger partial charge is 0.128 e. The molecule has 21 heavy (non-hydrogen) atoms. The van der Waals surface area contributed by atoms with Gasteiger partial charge in [-0.1, -0.05) is 13.0 Å². The van der Waals surface area contributed by atoms with Crippen LogP contribution in [0.25, 0.3) is 0 Å². The minimum Gasteiger partial charge on any atom is -0.354 e. The lowest BCUT2D eigenvalue weighted by atomic mass is 10.1. The van der Waals surface area contributed by atoms with E-state index in [2.05, 4.69) is 68.1 Å². The van der Waals surface area contributed by atoms with Gasteiger partial charge in [0.1, 0.15) is 5.82 Å². The highest BCUT2D eigenvalue weighted by Gasteiger charge is 2.23. The molecule has 0 aromatic carbocycles. The van der Waals surface area contributed by atoms with Gasteiger partial charge in [0, 0.05) is 37.8 Å². The van der Waals surface area contributed by atoms with E-state index in [9.17, 15) is 0 Å². The number of hydrogen-bond acceptors (Lipinski definition) is 4. The van der Waals surface area contributed by atoms with Crippen LogP contribution in [0.5, 0.6) is 0 Å². The van der Waals surface area contributed by atoms with Gasteiger partial charge in [0.05, 0.1) is 5.69 Å². The van der Waals surface area contributed by atoms with E-state index in [4.69, 9.17) is 4.98 Å². The second-order valence-corrected chi connectivity index (χ2v) is 7.08. The molecule has 1 aromatic heterocycles. The van der Waals surface area contributed by atoms with Crippen LogP contribution in [0.4, 0.5) is 5.82 Å². The molecular formula is C17H30N4. The molecule has 118 valence electrons. The molecule has 0 spiro atoms. The number of rotatable bonds is 4. The molecule has 0 aliphatic carbocycles. The van der Waals surface area contributed by atoms with E-state index >= 15 is 0 Å². The molecular weight excluding hydrogens is 260 g/mol. The van der Waals surface area contributed by atoms with E-state index in [0.717, 1.165) is 37.7 Å². The summed E-state index contributed by atoms with van der Waals surface area (Å²) < 4.78 is 0. The monoisotopic (exact) mass is 290 g/mol. The number of aromatic nitrogens is 1. The van der Waals surface area contributed by atoms with Gasteiger partial charge in [-0.05, 0) is 46.4 Å². The predicted molar refractivity (Wildman–Crippen MR) is 89.8 cm³/mol. The van der Waals surface area contributed by atoms with Crippen LogP contribution in [0.3, 0.4) is 0 Å². The zero-order valence-corrected chi connectivity index (χ0v) is 14.2.